The monoisotopic (exact) mass is 385 g/mol. The molecule has 0 radical (unpaired) electrons. The highest BCUT2D eigenvalue weighted by molar-refractivity contribution is 6.00. The van der Waals surface area contributed by atoms with Gasteiger partial charge in [0, 0.05) is 12.8 Å². The zero-order chi connectivity index (χ0) is 21.1. The summed E-state index contributed by atoms with van der Waals surface area (Å²) >= 11 is 0. The molecule has 0 aromatic carbocycles. The van der Waals surface area contributed by atoms with E-state index < -0.39 is 23.0 Å². The molecule has 160 valence electrons. The summed E-state index contributed by atoms with van der Waals surface area (Å²) < 4.78 is -0.119. The number of aliphatic carboxylic acids is 2. The van der Waals surface area contributed by atoms with Crippen molar-refractivity contribution in [1.29, 1.82) is 0 Å². The number of carboxylic acid groups (broad SMARTS) is 2. The van der Waals surface area contributed by atoms with E-state index in [1.165, 1.54) is 51.4 Å². The Bertz CT molecular complexity index is 443. The molecule has 0 rings (SSSR count). The van der Waals surface area contributed by atoms with Crippen LogP contribution >= 0.6 is 0 Å². The predicted molar refractivity (Wildman–Crippen MR) is 108 cm³/mol. The van der Waals surface area contributed by atoms with Gasteiger partial charge in [-0.05, 0) is 20.3 Å². The zero-order valence-corrected chi connectivity index (χ0v) is 18.6. The van der Waals surface area contributed by atoms with Crippen molar-refractivity contribution in [3.8, 4) is 0 Å². The van der Waals surface area contributed by atoms with Crippen LogP contribution in [-0.4, -0.2) is 46.7 Å². The Morgan fingerprint density at radius 3 is 1.59 bits per heavy atom. The molecule has 27 heavy (non-hydrogen) atoms. The minimum Gasteiger partial charge on any atom is -0.543 e. The molecule has 5 nitrogen and oxygen atoms in total. The lowest BCUT2D eigenvalue weighted by Gasteiger charge is -2.54. The number of carboxylic acids is 2. The Morgan fingerprint density at radius 1 is 0.852 bits per heavy atom. The van der Waals surface area contributed by atoms with Crippen LogP contribution in [0.15, 0.2) is 0 Å². The van der Waals surface area contributed by atoms with Gasteiger partial charge in [-0.2, -0.15) is 0 Å². The molecule has 5 heteroatoms. The summed E-state index contributed by atoms with van der Waals surface area (Å²) in [7, 11) is 3.42. The van der Waals surface area contributed by atoms with Gasteiger partial charge in [0.05, 0.1) is 19.6 Å². The van der Waals surface area contributed by atoms with Crippen molar-refractivity contribution < 1.29 is 24.3 Å². The molecule has 0 spiro atoms. The summed E-state index contributed by atoms with van der Waals surface area (Å²) in [5, 5.41) is 21.5. The van der Waals surface area contributed by atoms with Crippen LogP contribution in [-0.2, 0) is 9.59 Å². The van der Waals surface area contributed by atoms with Gasteiger partial charge in [0.15, 0.2) is 0 Å². The molecule has 0 saturated carbocycles. The summed E-state index contributed by atoms with van der Waals surface area (Å²) in [4.78, 5) is 23.7. The number of rotatable bonds is 16. The lowest BCUT2D eigenvalue weighted by atomic mass is 9.82. The van der Waals surface area contributed by atoms with Gasteiger partial charge in [-0.25, -0.2) is 4.79 Å². The first-order chi connectivity index (χ1) is 12.5. The molecule has 0 aromatic heterocycles. The number of nitrogens with zero attached hydrogens (tertiary/aromatic N) is 1. The second kappa shape index (κ2) is 11.7. The van der Waals surface area contributed by atoms with Gasteiger partial charge in [-0.1, -0.05) is 71.6 Å². The third-order valence-electron chi connectivity index (χ3n) is 6.81. The molecule has 1 N–H and O–H groups in total. The average Bonchev–Trinajstić information content (AvgIpc) is 2.56. The van der Waals surface area contributed by atoms with Crippen LogP contribution in [0.25, 0.3) is 0 Å². The van der Waals surface area contributed by atoms with Crippen LogP contribution in [0, 0.1) is 0 Å². The van der Waals surface area contributed by atoms with E-state index in [4.69, 9.17) is 0 Å². The largest absolute Gasteiger partial charge is 0.543 e. The van der Waals surface area contributed by atoms with Crippen LogP contribution in [0.4, 0.5) is 0 Å². The minimum atomic E-state index is -1.93. The average molecular weight is 386 g/mol. The normalized spacial score (nSPS) is 14.7. The van der Waals surface area contributed by atoms with E-state index in [-0.39, 0.29) is 10.9 Å². The Labute approximate surface area is 166 Å². The molecule has 1 atom stereocenters. The van der Waals surface area contributed by atoms with Crippen molar-refractivity contribution in [1.82, 2.24) is 0 Å². The molecule has 0 saturated heterocycles. The molecule has 0 aliphatic rings. The first kappa shape index (κ1) is 25.9. The quantitative estimate of drug-likeness (QED) is 0.246. The summed E-state index contributed by atoms with van der Waals surface area (Å²) in [6, 6.07) is 0. The third kappa shape index (κ3) is 6.48. The predicted octanol–water partition coefficient (Wildman–Crippen LogP) is 4.14. The number of hydrogen-bond acceptors (Lipinski definition) is 3. The van der Waals surface area contributed by atoms with Gasteiger partial charge in [0.1, 0.15) is 5.97 Å². The van der Waals surface area contributed by atoms with E-state index in [2.05, 4.69) is 6.92 Å². The number of unbranched alkanes of at least 4 members (excludes halogenated alkanes) is 9. The zero-order valence-electron chi connectivity index (χ0n) is 18.6. The Morgan fingerprint density at radius 2 is 1.26 bits per heavy atom. The molecule has 1 unspecified atom stereocenters. The Hall–Kier alpha value is -1.10. The maximum Gasteiger partial charge on any atom is 0.372 e. The van der Waals surface area contributed by atoms with Crippen LogP contribution in [0.1, 0.15) is 105 Å². The highest BCUT2D eigenvalue weighted by atomic mass is 16.4. The minimum absolute atomic E-state index is 0.000865. The van der Waals surface area contributed by atoms with E-state index in [0.29, 0.717) is 0 Å². The van der Waals surface area contributed by atoms with Crippen LogP contribution in [0.3, 0.4) is 0 Å². The first-order valence-corrected chi connectivity index (χ1v) is 10.8. The van der Waals surface area contributed by atoms with Crippen molar-refractivity contribution in [3.63, 3.8) is 0 Å². The van der Waals surface area contributed by atoms with Gasteiger partial charge >= 0.3 is 5.97 Å². The fourth-order valence-electron chi connectivity index (χ4n) is 4.09. The third-order valence-corrected chi connectivity index (χ3v) is 6.81. The van der Waals surface area contributed by atoms with Crippen molar-refractivity contribution in [3.05, 3.63) is 0 Å². The molecule has 0 amide bonds. The maximum absolute atomic E-state index is 11.9. The molecular weight excluding hydrogens is 342 g/mol. The topological polar surface area (TPSA) is 77.4 Å². The molecule has 0 fully saturated rings. The second-order valence-corrected chi connectivity index (χ2v) is 9.00. The van der Waals surface area contributed by atoms with E-state index in [0.717, 1.165) is 19.3 Å². The van der Waals surface area contributed by atoms with Crippen molar-refractivity contribution in [2.75, 3.05) is 14.1 Å². The van der Waals surface area contributed by atoms with E-state index in [1.807, 2.05) is 13.8 Å². The lowest BCUT2D eigenvalue weighted by Crippen LogP contribution is -2.77. The summed E-state index contributed by atoms with van der Waals surface area (Å²) in [6.45, 7) is 7.78. The van der Waals surface area contributed by atoms with E-state index in [1.54, 1.807) is 21.0 Å². The van der Waals surface area contributed by atoms with Crippen molar-refractivity contribution in [2.45, 2.75) is 116 Å². The second-order valence-electron chi connectivity index (χ2n) is 9.00. The van der Waals surface area contributed by atoms with Crippen molar-refractivity contribution in [2.24, 2.45) is 0 Å². The van der Waals surface area contributed by atoms with Crippen LogP contribution in [0.5, 0.6) is 0 Å². The molecule has 0 aliphatic heterocycles. The Kier molecular flexibility index (Phi) is 11.2. The fourth-order valence-corrected chi connectivity index (χ4v) is 4.09. The maximum atomic E-state index is 11.9. The van der Waals surface area contributed by atoms with Gasteiger partial charge < -0.3 is 19.5 Å². The van der Waals surface area contributed by atoms with E-state index in [9.17, 15) is 19.8 Å². The first-order valence-electron chi connectivity index (χ1n) is 10.8. The van der Waals surface area contributed by atoms with Crippen LogP contribution < -0.4 is 5.11 Å². The molecule has 0 aromatic rings. The Balaban J connectivity index is 4.56. The lowest BCUT2D eigenvalue weighted by molar-refractivity contribution is -0.970. The van der Waals surface area contributed by atoms with Crippen LogP contribution in [0.2, 0.25) is 0 Å². The fraction of sp³-hybridized carbons (Fsp3) is 0.909. The van der Waals surface area contributed by atoms with Gasteiger partial charge in [-0.15, -0.1) is 0 Å². The van der Waals surface area contributed by atoms with Gasteiger partial charge in [-0.3, -0.25) is 0 Å². The standard InChI is InChI=1S/C22H43NO4/c1-7-9-10-11-12-13-14-15-16-17-18-21(3,4)23(5,6)22(8-2,19(24)25)20(26)27/h7-18H2,1-6H3,(H-,24,25,26,27). The summed E-state index contributed by atoms with van der Waals surface area (Å²) in [5.74, 6) is -2.82. The molecular formula is C22H43NO4. The van der Waals surface area contributed by atoms with Gasteiger partial charge in [0.25, 0.3) is 0 Å². The SMILES string of the molecule is CCCCCCCCCCCCC(C)(C)[N+](C)(C)C(CC)(C(=O)[O-])C(=O)O. The molecule has 0 aliphatic carbocycles. The molecule has 0 bridgehead atoms. The number of carbonyl (C=O) groups is 2. The summed E-state index contributed by atoms with van der Waals surface area (Å²) in [5.41, 5.74) is -2.41. The number of likely N-dealkylation sites (N-methyl/N-ethyl adjacent to an activating group) is 1. The number of carbonyl (C=O) groups excluding carboxylic acids is 1. The van der Waals surface area contributed by atoms with E-state index >= 15 is 0 Å². The van der Waals surface area contributed by atoms with Crippen molar-refractivity contribution >= 4 is 11.9 Å². The number of hydrogen-bond donors (Lipinski definition) is 1. The molecule has 0 heterocycles. The highest BCUT2D eigenvalue weighted by Gasteiger charge is 2.58. The van der Waals surface area contributed by atoms with Gasteiger partial charge in [0.2, 0.25) is 5.54 Å². The smallest absolute Gasteiger partial charge is 0.372 e. The summed E-state index contributed by atoms with van der Waals surface area (Å²) in [6.07, 6.45) is 13.2. The highest BCUT2D eigenvalue weighted by Crippen LogP contribution is 2.37. The number of quaternary nitrogens is 1.